The molecule has 1 nitrogen and oxygen atoms in total. The molecule has 0 fully saturated rings. The third-order valence-electron chi connectivity index (χ3n) is 4.15. The Balaban J connectivity index is 1.76. The summed E-state index contributed by atoms with van der Waals surface area (Å²) in [6.07, 6.45) is 3.75. The Morgan fingerprint density at radius 3 is 2.67 bits per heavy atom. The predicted molar refractivity (Wildman–Crippen MR) is 91.0 cm³/mol. The van der Waals surface area contributed by atoms with E-state index in [2.05, 4.69) is 60.1 Å². The molecule has 0 amide bonds. The highest BCUT2D eigenvalue weighted by Crippen LogP contribution is 2.30. The zero-order valence-corrected chi connectivity index (χ0v) is 14.2. The van der Waals surface area contributed by atoms with Gasteiger partial charge in [0.15, 0.2) is 0 Å². The summed E-state index contributed by atoms with van der Waals surface area (Å²) in [5, 5.41) is 0. The van der Waals surface area contributed by atoms with Gasteiger partial charge in [-0.05, 0) is 65.6 Å². The van der Waals surface area contributed by atoms with Gasteiger partial charge in [-0.25, -0.2) is 0 Å². The molecule has 1 aliphatic carbocycles. The van der Waals surface area contributed by atoms with Crippen molar-refractivity contribution in [1.82, 2.24) is 0 Å². The fourth-order valence-corrected chi connectivity index (χ4v) is 3.36. The second kappa shape index (κ2) is 6.23. The quantitative estimate of drug-likeness (QED) is 0.697. The molecule has 3 rings (SSSR count). The van der Waals surface area contributed by atoms with E-state index in [4.69, 9.17) is 4.74 Å². The van der Waals surface area contributed by atoms with E-state index in [1.165, 1.54) is 41.5 Å². The summed E-state index contributed by atoms with van der Waals surface area (Å²) in [7, 11) is 0. The first-order chi connectivity index (χ1) is 10.1. The lowest BCUT2D eigenvalue weighted by atomic mass is 10.0. The van der Waals surface area contributed by atoms with E-state index >= 15 is 0 Å². The number of fused-ring (bicyclic) bond motifs is 1. The van der Waals surface area contributed by atoms with Gasteiger partial charge in [-0.1, -0.05) is 48.0 Å². The molecule has 110 valence electrons. The summed E-state index contributed by atoms with van der Waals surface area (Å²) in [5.41, 5.74) is 5.56. The van der Waals surface area contributed by atoms with Crippen LogP contribution in [0.4, 0.5) is 0 Å². The molecule has 0 heterocycles. The van der Waals surface area contributed by atoms with Crippen LogP contribution in [0.25, 0.3) is 0 Å². The van der Waals surface area contributed by atoms with Gasteiger partial charge in [0.05, 0.1) is 0 Å². The second-order valence-corrected chi connectivity index (χ2v) is 7.00. The van der Waals surface area contributed by atoms with Gasteiger partial charge in [-0.3, -0.25) is 0 Å². The standard InChI is InChI=1S/C19H21BrO/c1-13(2)18-11-17(20)8-9-19(18)21-12-14-6-7-15-4-3-5-16(15)10-14/h6-11,13H,3-5,12H2,1-2H3. The van der Waals surface area contributed by atoms with Crippen LogP contribution in [-0.4, -0.2) is 0 Å². The third kappa shape index (κ3) is 3.32. The number of hydrogen-bond donors (Lipinski definition) is 0. The van der Waals surface area contributed by atoms with E-state index in [0.29, 0.717) is 12.5 Å². The number of benzene rings is 2. The predicted octanol–water partition coefficient (Wildman–Crippen LogP) is 5.64. The molecule has 2 aromatic carbocycles. The maximum Gasteiger partial charge on any atom is 0.123 e. The summed E-state index contributed by atoms with van der Waals surface area (Å²) < 4.78 is 7.19. The number of rotatable bonds is 4. The van der Waals surface area contributed by atoms with Crippen molar-refractivity contribution in [2.45, 2.75) is 45.6 Å². The molecule has 0 aromatic heterocycles. The third-order valence-corrected chi connectivity index (χ3v) is 4.64. The molecule has 0 radical (unpaired) electrons. The summed E-state index contributed by atoms with van der Waals surface area (Å²) >= 11 is 3.54. The highest BCUT2D eigenvalue weighted by Gasteiger charge is 2.12. The second-order valence-electron chi connectivity index (χ2n) is 6.08. The molecule has 2 heteroatoms. The number of halogens is 1. The first-order valence-corrected chi connectivity index (χ1v) is 8.45. The molecule has 0 N–H and O–H groups in total. The number of hydrogen-bond acceptors (Lipinski definition) is 1. The minimum absolute atomic E-state index is 0.456. The molecule has 1 aliphatic rings. The molecule has 0 aliphatic heterocycles. The smallest absolute Gasteiger partial charge is 0.123 e. The minimum Gasteiger partial charge on any atom is -0.489 e. The largest absolute Gasteiger partial charge is 0.489 e. The van der Waals surface area contributed by atoms with Crippen LogP contribution >= 0.6 is 15.9 Å². The van der Waals surface area contributed by atoms with E-state index in [-0.39, 0.29) is 0 Å². The highest BCUT2D eigenvalue weighted by atomic mass is 79.9. The van der Waals surface area contributed by atoms with Gasteiger partial charge in [0.1, 0.15) is 12.4 Å². The van der Waals surface area contributed by atoms with Crippen LogP contribution in [0.15, 0.2) is 40.9 Å². The van der Waals surface area contributed by atoms with Gasteiger partial charge in [0.25, 0.3) is 0 Å². The molecule has 0 unspecified atom stereocenters. The maximum absolute atomic E-state index is 6.08. The number of ether oxygens (including phenoxy) is 1. The fourth-order valence-electron chi connectivity index (χ4n) is 2.98. The van der Waals surface area contributed by atoms with E-state index < -0.39 is 0 Å². The van der Waals surface area contributed by atoms with Gasteiger partial charge in [0, 0.05) is 4.47 Å². The molecule has 2 aromatic rings. The van der Waals surface area contributed by atoms with Crippen molar-refractivity contribution in [3.8, 4) is 5.75 Å². The van der Waals surface area contributed by atoms with E-state index in [0.717, 1.165) is 10.2 Å². The van der Waals surface area contributed by atoms with Crippen LogP contribution in [-0.2, 0) is 19.4 Å². The summed E-state index contributed by atoms with van der Waals surface area (Å²) in [5.74, 6) is 1.45. The van der Waals surface area contributed by atoms with Crippen LogP contribution in [0.5, 0.6) is 5.75 Å². The van der Waals surface area contributed by atoms with Crippen LogP contribution in [0.2, 0.25) is 0 Å². The Labute approximate surface area is 135 Å². The van der Waals surface area contributed by atoms with Crippen LogP contribution in [0, 0.1) is 0 Å². The van der Waals surface area contributed by atoms with Crippen LogP contribution in [0.3, 0.4) is 0 Å². The summed E-state index contributed by atoms with van der Waals surface area (Å²) in [4.78, 5) is 0. The first kappa shape index (κ1) is 14.6. The maximum atomic E-state index is 6.08. The Kier molecular flexibility index (Phi) is 4.34. The fraction of sp³-hybridized carbons (Fsp3) is 0.368. The minimum atomic E-state index is 0.456. The first-order valence-electron chi connectivity index (χ1n) is 7.66. The van der Waals surface area contributed by atoms with E-state index in [1.54, 1.807) is 0 Å². The van der Waals surface area contributed by atoms with Crippen LogP contribution < -0.4 is 4.74 Å². The zero-order chi connectivity index (χ0) is 14.8. The van der Waals surface area contributed by atoms with Crippen LogP contribution in [0.1, 0.15) is 48.4 Å². The Hall–Kier alpha value is -1.28. The zero-order valence-electron chi connectivity index (χ0n) is 12.7. The average Bonchev–Trinajstić information content (AvgIpc) is 2.93. The van der Waals surface area contributed by atoms with Gasteiger partial charge in [-0.2, -0.15) is 0 Å². The van der Waals surface area contributed by atoms with Crippen molar-refractivity contribution in [2.75, 3.05) is 0 Å². The lowest BCUT2D eigenvalue weighted by Gasteiger charge is -2.15. The van der Waals surface area contributed by atoms with E-state index in [9.17, 15) is 0 Å². The Bertz CT molecular complexity index is 646. The number of aryl methyl sites for hydroxylation is 2. The summed E-state index contributed by atoms with van der Waals surface area (Å²) in [6, 6.07) is 13.1. The normalized spacial score (nSPS) is 13.5. The Morgan fingerprint density at radius 2 is 1.86 bits per heavy atom. The van der Waals surface area contributed by atoms with Crippen molar-refractivity contribution in [3.05, 3.63) is 63.1 Å². The van der Waals surface area contributed by atoms with Gasteiger partial charge < -0.3 is 4.74 Å². The van der Waals surface area contributed by atoms with Crippen molar-refractivity contribution in [2.24, 2.45) is 0 Å². The molecule has 0 spiro atoms. The monoisotopic (exact) mass is 344 g/mol. The van der Waals surface area contributed by atoms with Gasteiger partial charge in [0.2, 0.25) is 0 Å². The lowest BCUT2D eigenvalue weighted by Crippen LogP contribution is -2.00. The molecular formula is C19H21BrO. The lowest BCUT2D eigenvalue weighted by molar-refractivity contribution is 0.301. The average molecular weight is 345 g/mol. The van der Waals surface area contributed by atoms with Gasteiger partial charge in [-0.15, -0.1) is 0 Å². The van der Waals surface area contributed by atoms with Crippen molar-refractivity contribution in [1.29, 1.82) is 0 Å². The highest BCUT2D eigenvalue weighted by molar-refractivity contribution is 9.10. The van der Waals surface area contributed by atoms with E-state index in [1.807, 2.05) is 6.07 Å². The SMILES string of the molecule is CC(C)c1cc(Br)ccc1OCc1ccc2c(c1)CCC2. The molecular weight excluding hydrogens is 324 g/mol. The molecule has 0 bridgehead atoms. The Morgan fingerprint density at radius 1 is 1.05 bits per heavy atom. The summed E-state index contributed by atoms with van der Waals surface area (Å²) in [6.45, 7) is 5.04. The molecule has 0 saturated heterocycles. The van der Waals surface area contributed by atoms with Crippen molar-refractivity contribution in [3.63, 3.8) is 0 Å². The molecule has 21 heavy (non-hydrogen) atoms. The topological polar surface area (TPSA) is 9.23 Å². The molecule has 0 atom stereocenters. The van der Waals surface area contributed by atoms with Gasteiger partial charge >= 0.3 is 0 Å². The molecule has 0 saturated carbocycles. The van der Waals surface area contributed by atoms with Crippen molar-refractivity contribution >= 4 is 15.9 Å². The van der Waals surface area contributed by atoms with Crippen molar-refractivity contribution < 1.29 is 4.74 Å².